The van der Waals surface area contributed by atoms with Gasteiger partial charge in [0.25, 0.3) is 0 Å². The molecule has 2 rings (SSSR count). The summed E-state index contributed by atoms with van der Waals surface area (Å²) < 4.78 is 0. The summed E-state index contributed by atoms with van der Waals surface area (Å²) >= 11 is 1.89. The van der Waals surface area contributed by atoms with Crippen molar-refractivity contribution in [2.75, 3.05) is 12.8 Å². The minimum Gasteiger partial charge on any atom is -0.345 e. The lowest BCUT2D eigenvalue weighted by molar-refractivity contribution is -0.151. The van der Waals surface area contributed by atoms with Gasteiger partial charge in [-0.05, 0) is 31.4 Å². The lowest BCUT2D eigenvalue weighted by Gasteiger charge is -2.44. The topological polar surface area (TPSA) is 49.4 Å². The lowest BCUT2D eigenvalue weighted by Crippen LogP contribution is -2.63. The molecule has 108 valence electrons. The number of nitrogens with zero attached hydrogens (tertiary/aromatic N) is 1. The first kappa shape index (κ1) is 14.7. The summed E-state index contributed by atoms with van der Waals surface area (Å²) in [5.41, 5.74) is 0. The zero-order valence-corrected chi connectivity index (χ0v) is 12.8. The van der Waals surface area contributed by atoms with E-state index in [9.17, 15) is 9.59 Å². The van der Waals surface area contributed by atoms with E-state index in [0.29, 0.717) is 5.25 Å². The number of piperazine rings is 1. The Kier molecular flexibility index (Phi) is 4.76. The highest BCUT2D eigenvalue weighted by Gasteiger charge is 2.41. The van der Waals surface area contributed by atoms with Crippen molar-refractivity contribution in [2.24, 2.45) is 5.92 Å². The van der Waals surface area contributed by atoms with E-state index in [1.807, 2.05) is 30.5 Å². The van der Waals surface area contributed by atoms with Crippen molar-refractivity contribution in [3.63, 3.8) is 0 Å². The Labute approximate surface area is 119 Å². The standard InChI is InChI=1S/C14H24N2O2S/c1-9(2)13-14(18)15-8-12(17)16(13)10-5-4-6-11(7-10)19-3/h9-11,13H,4-8H2,1-3H3,(H,15,18). The molecule has 1 aliphatic carbocycles. The third-order valence-electron chi connectivity index (χ3n) is 4.23. The molecule has 1 heterocycles. The Hall–Kier alpha value is -0.710. The molecular weight excluding hydrogens is 260 g/mol. The number of amides is 2. The van der Waals surface area contributed by atoms with E-state index < -0.39 is 0 Å². The first-order valence-corrected chi connectivity index (χ1v) is 8.45. The monoisotopic (exact) mass is 284 g/mol. The van der Waals surface area contributed by atoms with Crippen LogP contribution in [-0.4, -0.2) is 46.8 Å². The van der Waals surface area contributed by atoms with Crippen molar-refractivity contribution < 1.29 is 9.59 Å². The predicted octanol–water partition coefficient (Wildman–Crippen LogP) is 1.64. The van der Waals surface area contributed by atoms with E-state index in [0.717, 1.165) is 19.3 Å². The molecule has 5 heteroatoms. The molecule has 1 N–H and O–H groups in total. The molecule has 1 aliphatic heterocycles. The highest BCUT2D eigenvalue weighted by Crippen LogP contribution is 2.32. The molecule has 0 aromatic carbocycles. The van der Waals surface area contributed by atoms with Crippen LogP contribution in [0, 0.1) is 5.92 Å². The van der Waals surface area contributed by atoms with Crippen LogP contribution >= 0.6 is 11.8 Å². The highest BCUT2D eigenvalue weighted by atomic mass is 32.2. The van der Waals surface area contributed by atoms with Crippen molar-refractivity contribution in [3.05, 3.63) is 0 Å². The summed E-state index contributed by atoms with van der Waals surface area (Å²) in [6.07, 6.45) is 6.60. The molecule has 0 aromatic heterocycles. The van der Waals surface area contributed by atoms with E-state index in [4.69, 9.17) is 0 Å². The largest absolute Gasteiger partial charge is 0.345 e. The van der Waals surface area contributed by atoms with Crippen molar-refractivity contribution >= 4 is 23.6 Å². The number of hydrogen-bond donors (Lipinski definition) is 1. The van der Waals surface area contributed by atoms with E-state index in [2.05, 4.69) is 11.6 Å². The molecular formula is C14H24N2O2S. The summed E-state index contributed by atoms with van der Waals surface area (Å²) in [7, 11) is 0. The SMILES string of the molecule is CSC1CCCC(N2C(=O)CNC(=O)C2C(C)C)C1. The van der Waals surface area contributed by atoms with Crippen LogP contribution in [0.1, 0.15) is 39.5 Å². The number of carbonyl (C=O) groups excluding carboxylic acids is 2. The molecule has 19 heavy (non-hydrogen) atoms. The average Bonchev–Trinajstić information content (AvgIpc) is 2.40. The highest BCUT2D eigenvalue weighted by molar-refractivity contribution is 7.99. The Morgan fingerprint density at radius 3 is 2.68 bits per heavy atom. The number of hydrogen-bond acceptors (Lipinski definition) is 3. The minimum absolute atomic E-state index is 0.0147. The number of carbonyl (C=O) groups is 2. The Balaban J connectivity index is 2.17. The van der Waals surface area contributed by atoms with Crippen LogP contribution in [0.25, 0.3) is 0 Å². The lowest BCUT2D eigenvalue weighted by atomic mass is 9.89. The molecule has 0 bridgehead atoms. The Morgan fingerprint density at radius 2 is 2.05 bits per heavy atom. The van der Waals surface area contributed by atoms with Crippen LogP contribution in [0.3, 0.4) is 0 Å². The molecule has 4 nitrogen and oxygen atoms in total. The van der Waals surface area contributed by atoms with Gasteiger partial charge < -0.3 is 10.2 Å². The van der Waals surface area contributed by atoms with Crippen LogP contribution in [0.15, 0.2) is 0 Å². The van der Waals surface area contributed by atoms with Crippen molar-refractivity contribution in [1.82, 2.24) is 10.2 Å². The van der Waals surface area contributed by atoms with Crippen molar-refractivity contribution in [3.8, 4) is 0 Å². The molecule has 0 spiro atoms. The van der Waals surface area contributed by atoms with E-state index in [1.165, 1.54) is 6.42 Å². The van der Waals surface area contributed by atoms with Crippen LogP contribution in [0.2, 0.25) is 0 Å². The van der Waals surface area contributed by atoms with Crippen molar-refractivity contribution in [1.29, 1.82) is 0 Å². The second kappa shape index (κ2) is 6.16. The summed E-state index contributed by atoms with van der Waals surface area (Å²) in [6, 6.07) is -0.0380. The van der Waals surface area contributed by atoms with Crippen molar-refractivity contribution in [2.45, 2.75) is 56.9 Å². The third-order valence-corrected chi connectivity index (χ3v) is 5.32. The van der Waals surface area contributed by atoms with E-state index in [-0.39, 0.29) is 36.4 Å². The maximum atomic E-state index is 12.3. The molecule has 1 saturated heterocycles. The maximum absolute atomic E-state index is 12.3. The molecule has 0 radical (unpaired) electrons. The quantitative estimate of drug-likeness (QED) is 0.857. The molecule has 1 saturated carbocycles. The fourth-order valence-corrected chi connectivity index (χ4v) is 4.10. The summed E-state index contributed by atoms with van der Waals surface area (Å²) in [5, 5.41) is 3.35. The van der Waals surface area contributed by atoms with Gasteiger partial charge in [-0.15, -0.1) is 0 Å². The second-order valence-corrected chi connectivity index (χ2v) is 7.02. The molecule has 2 aliphatic rings. The number of nitrogens with one attached hydrogen (secondary N) is 1. The smallest absolute Gasteiger partial charge is 0.243 e. The van der Waals surface area contributed by atoms with Gasteiger partial charge in [-0.3, -0.25) is 9.59 Å². The van der Waals surface area contributed by atoms with Crippen LogP contribution in [-0.2, 0) is 9.59 Å². The second-order valence-electron chi connectivity index (χ2n) is 5.89. The predicted molar refractivity (Wildman–Crippen MR) is 78.0 cm³/mol. The fourth-order valence-electron chi connectivity index (χ4n) is 3.28. The van der Waals surface area contributed by atoms with Gasteiger partial charge in [-0.2, -0.15) is 11.8 Å². The minimum atomic E-state index is -0.285. The van der Waals surface area contributed by atoms with Crippen LogP contribution < -0.4 is 5.32 Å². The van der Waals surface area contributed by atoms with Gasteiger partial charge >= 0.3 is 0 Å². The summed E-state index contributed by atoms with van der Waals surface area (Å²) in [4.78, 5) is 26.2. The Bertz CT molecular complexity index is 359. The van der Waals surface area contributed by atoms with Gasteiger partial charge in [0, 0.05) is 11.3 Å². The fraction of sp³-hybridized carbons (Fsp3) is 0.857. The molecule has 3 unspecified atom stereocenters. The summed E-state index contributed by atoms with van der Waals surface area (Å²) in [6.45, 7) is 4.21. The van der Waals surface area contributed by atoms with Gasteiger partial charge in [0.05, 0.1) is 6.54 Å². The first-order valence-electron chi connectivity index (χ1n) is 7.16. The van der Waals surface area contributed by atoms with E-state index in [1.54, 1.807) is 0 Å². The van der Waals surface area contributed by atoms with Gasteiger partial charge in [-0.1, -0.05) is 20.3 Å². The van der Waals surface area contributed by atoms with E-state index >= 15 is 0 Å². The third kappa shape index (κ3) is 3.07. The number of rotatable bonds is 3. The number of thioether (sulfide) groups is 1. The summed E-state index contributed by atoms with van der Waals surface area (Å²) in [5.74, 6) is 0.268. The zero-order chi connectivity index (χ0) is 14.0. The molecule has 2 fully saturated rings. The first-order chi connectivity index (χ1) is 9.04. The van der Waals surface area contributed by atoms with Gasteiger partial charge in [0.1, 0.15) is 6.04 Å². The van der Waals surface area contributed by atoms with Gasteiger partial charge in [0.15, 0.2) is 0 Å². The molecule has 2 amide bonds. The zero-order valence-electron chi connectivity index (χ0n) is 12.0. The normalized spacial score (nSPS) is 32.6. The molecule has 0 aromatic rings. The van der Waals surface area contributed by atoms with Crippen LogP contribution in [0.4, 0.5) is 0 Å². The molecule has 3 atom stereocenters. The maximum Gasteiger partial charge on any atom is 0.243 e. The average molecular weight is 284 g/mol. The van der Waals surface area contributed by atoms with Gasteiger partial charge in [0.2, 0.25) is 11.8 Å². The van der Waals surface area contributed by atoms with Gasteiger partial charge in [-0.25, -0.2) is 0 Å². The Morgan fingerprint density at radius 1 is 1.32 bits per heavy atom. The van der Waals surface area contributed by atoms with Crippen LogP contribution in [0.5, 0.6) is 0 Å².